The number of hydrogen-bond acceptors (Lipinski definition) is 6. The average Bonchev–Trinajstić information content (AvgIpc) is 2.96. The van der Waals surface area contributed by atoms with Crippen molar-refractivity contribution in [3.63, 3.8) is 0 Å². The minimum absolute atomic E-state index is 0.0676. The number of anilines is 1. The first kappa shape index (κ1) is 20.8. The number of alkyl carbamates (subject to hydrolysis) is 1. The fourth-order valence-electron chi connectivity index (χ4n) is 2.80. The predicted octanol–water partition coefficient (Wildman–Crippen LogP) is 2.75. The zero-order valence-electron chi connectivity index (χ0n) is 15.5. The summed E-state index contributed by atoms with van der Waals surface area (Å²) in [7, 11) is 1.18. The van der Waals surface area contributed by atoms with Crippen LogP contribution in [0.5, 0.6) is 0 Å². The number of nitrogens with zero attached hydrogens (tertiary/aromatic N) is 2. The first-order valence-electron chi connectivity index (χ1n) is 8.23. The Morgan fingerprint density at radius 2 is 1.93 bits per heavy atom. The number of methoxy groups -OCH3 is 1. The molecule has 0 saturated carbocycles. The summed E-state index contributed by atoms with van der Waals surface area (Å²) in [5.74, 6) is -0.698. The summed E-state index contributed by atoms with van der Waals surface area (Å²) in [5.41, 5.74) is -2.90. The van der Waals surface area contributed by atoms with Crippen molar-refractivity contribution in [3.05, 3.63) is 24.0 Å². The molecular weight excluding hydrogens is 367 g/mol. The molecule has 1 aliphatic rings. The third-order valence-corrected chi connectivity index (χ3v) is 4.00. The number of nitrogens with one attached hydrogen (secondary N) is 1. The Balaban J connectivity index is 2.23. The largest absolute Gasteiger partial charge is 0.467 e. The van der Waals surface area contributed by atoms with Crippen molar-refractivity contribution in [2.45, 2.75) is 44.5 Å². The Kier molecular flexibility index (Phi) is 5.58. The van der Waals surface area contributed by atoms with E-state index in [2.05, 4.69) is 10.3 Å². The molecule has 0 aliphatic carbocycles. The van der Waals surface area contributed by atoms with E-state index in [1.165, 1.54) is 18.2 Å². The van der Waals surface area contributed by atoms with Gasteiger partial charge in [-0.25, -0.2) is 9.59 Å². The third kappa shape index (κ3) is 5.01. The third-order valence-electron chi connectivity index (χ3n) is 4.00. The highest BCUT2D eigenvalue weighted by Gasteiger charge is 2.48. The summed E-state index contributed by atoms with van der Waals surface area (Å²) in [6, 6.07) is 0.952. The van der Waals surface area contributed by atoms with Gasteiger partial charge in [0.05, 0.1) is 31.1 Å². The number of halogens is 3. The van der Waals surface area contributed by atoms with Crippen molar-refractivity contribution in [2.75, 3.05) is 25.1 Å². The molecule has 7 nitrogen and oxygen atoms in total. The maximum absolute atomic E-state index is 12.9. The Labute approximate surface area is 154 Å². The summed E-state index contributed by atoms with van der Waals surface area (Å²) in [4.78, 5) is 29.6. The van der Waals surface area contributed by atoms with Crippen molar-refractivity contribution in [3.8, 4) is 0 Å². The van der Waals surface area contributed by atoms with Crippen LogP contribution in [0.2, 0.25) is 0 Å². The molecule has 150 valence electrons. The van der Waals surface area contributed by atoms with Gasteiger partial charge in [0.1, 0.15) is 5.60 Å². The molecule has 1 fully saturated rings. The first-order chi connectivity index (χ1) is 12.4. The molecule has 1 aliphatic heterocycles. The fraction of sp³-hybridized carbons (Fsp3) is 0.588. The number of carbonyl (C=O) groups is 2. The van der Waals surface area contributed by atoms with Gasteiger partial charge in [-0.15, -0.1) is 0 Å². The molecule has 0 spiro atoms. The van der Waals surface area contributed by atoms with Crippen LogP contribution in [0.4, 0.5) is 23.7 Å². The van der Waals surface area contributed by atoms with Gasteiger partial charge in [-0.3, -0.25) is 4.98 Å². The molecule has 1 unspecified atom stereocenters. The van der Waals surface area contributed by atoms with Gasteiger partial charge in [0.25, 0.3) is 0 Å². The Hall–Kier alpha value is -2.52. The maximum atomic E-state index is 12.9. The molecule has 1 aromatic heterocycles. The number of pyridine rings is 1. The van der Waals surface area contributed by atoms with Gasteiger partial charge in [-0.2, -0.15) is 13.2 Å². The van der Waals surface area contributed by atoms with Crippen LogP contribution >= 0.6 is 0 Å². The minimum atomic E-state index is -4.53. The van der Waals surface area contributed by atoms with Gasteiger partial charge < -0.3 is 19.7 Å². The van der Waals surface area contributed by atoms with E-state index in [9.17, 15) is 22.8 Å². The summed E-state index contributed by atoms with van der Waals surface area (Å²) in [6.07, 6.45) is -3.19. The van der Waals surface area contributed by atoms with Crippen LogP contribution in [0, 0.1) is 0 Å². The summed E-state index contributed by atoms with van der Waals surface area (Å²) >= 11 is 0. The van der Waals surface area contributed by atoms with Crippen LogP contribution in [0.1, 0.15) is 32.8 Å². The quantitative estimate of drug-likeness (QED) is 0.801. The molecule has 10 heteroatoms. The van der Waals surface area contributed by atoms with E-state index in [1.807, 2.05) is 0 Å². The highest BCUT2D eigenvalue weighted by molar-refractivity contribution is 5.87. The van der Waals surface area contributed by atoms with E-state index in [0.29, 0.717) is 0 Å². The lowest BCUT2D eigenvalue weighted by molar-refractivity contribution is -0.147. The fourth-order valence-corrected chi connectivity index (χ4v) is 2.80. The highest BCUT2D eigenvalue weighted by Crippen LogP contribution is 2.33. The van der Waals surface area contributed by atoms with Gasteiger partial charge in [0.2, 0.25) is 0 Å². The molecule has 1 amide bonds. The normalized spacial score (nSPS) is 20.3. The van der Waals surface area contributed by atoms with Crippen molar-refractivity contribution in [1.82, 2.24) is 10.3 Å². The number of ether oxygens (including phenoxy) is 2. The zero-order chi connectivity index (χ0) is 20.5. The molecular formula is C17H22F3N3O4. The lowest BCUT2D eigenvalue weighted by atomic mass is 9.99. The van der Waals surface area contributed by atoms with Gasteiger partial charge in [-0.05, 0) is 26.8 Å². The van der Waals surface area contributed by atoms with Crippen LogP contribution in [0.25, 0.3) is 0 Å². The van der Waals surface area contributed by atoms with Crippen LogP contribution < -0.4 is 10.2 Å². The monoisotopic (exact) mass is 389 g/mol. The van der Waals surface area contributed by atoms with E-state index in [-0.39, 0.29) is 25.2 Å². The minimum Gasteiger partial charge on any atom is -0.467 e. The van der Waals surface area contributed by atoms with Crippen molar-refractivity contribution >= 4 is 17.7 Å². The molecule has 0 bridgehead atoms. The Bertz CT molecular complexity index is 718. The molecule has 2 heterocycles. The number of rotatable bonds is 3. The van der Waals surface area contributed by atoms with Gasteiger partial charge in [-0.1, -0.05) is 0 Å². The molecule has 1 aromatic rings. The zero-order valence-corrected chi connectivity index (χ0v) is 15.5. The van der Waals surface area contributed by atoms with E-state index in [0.717, 1.165) is 12.3 Å². The number of aromatic nitrogens is 1. The summed E-state index contributed by atoms with van der Waals surface area (Å²) in [6.45, 7) is 5.18. The second kappa shape index (κ2) is 7.24. The number of amides is 1. The Morgan fingerprint density at radius 1 is 1.26 bits per heavy atom. The molecule has 2 rings (SSSR count). The van der Waals surface area contributed by atoms with Crippen molar-refractivity contribution in [1.29, 1.82) is 0 Å². The van der Waals surface area contributed by atoms with E-state index in [4.69, 9.17) is 9.47 Å². The smallest absolute Gasteiger partial charge is 0.417 e. The lowest BCUT2D eigenvalue weighted by Gasteiger charge is -2.29. The second-order valence-corrected chi connectivity index (χ2v) is 7.30. The summed E-state index contributed by atoms with van der Waals surface area (Å²) < 4.78 is 48.7. The van der Waals surface area contributed by atoms with Crippen LogP contribution in [0.3, 0.4) is 0 Å². The number of hydrogen-bond donors (Lipinski definition) is 1. The van der Waals surface area contributed by atoms with Crippen LogP contribution in [0.15, 0.2) is 18.5 Å². The van der Waals surface area contributed by atoms with Crippen LogP contribution in [-0.2, 0) is 20.4 Å². The standard InChI is InChI=1S/C17H22F3N3O4/c1-15(2,3)27-14(25)22-16(13(24)26-4)5-6-23(10-16)12-7-11(8-21-9-12)17(18,19)20/h7-9H,5-6,10H2,1-4H3,(H,22,25). The SMILES string of the molecule is COC(=O)C1(NC(=O)OC(C)(C)C)CCN(c2cncc(C(F)(F)F)c2)C1. The second-order valence-electron chi connectivity index (χ2n) is 7.30. The highest BCUT2D eigenvalue weighted by atomic mass is 19.4. The molecule has 1 N–H and O–H groups in total. The maximum Gasteiger partial charge on any atom is 0.417 e. The first-order valence-corrected chi connectivity index (χ1v) is 8.23. The molecule has 0 aromatic carbocycles. The molecule has 27 heavy (non-hydrogen) atoms. The molecule has 0 radical (unpaired) electrons. The van der Waals surface area contributed by atoms with E-state index < -0.39 is 34.9 Å². The average molecular weight is 389 g/mol. The predicted molar refractivity (Wildman–Crippen MR) is 90.2 cm³/mol. The number of carbonyl (C=O) groups excluding carboxylic acids is 2. The van der Waals surface area contributed by atoms with Gasteiger partial charge >= 0.3 is 18.2 Å². The molecule has 1 saturated heterocycles. The van der Waals surface area contributed by atoms with Crippen LogP contribution in [-0.4, -0.2) is 48.4 Å². The summed E-state index contributed by atoms with van der Waals surface area (Å²) in [5, 5.41) is 2.52. The van der Waals surface area contributed by atoms with E-state index >= 15 is 0 Å². The van der Waals surface area contributed by atoms with Gasteiger partial charge in [0.15, 0.2) is 5.54 Å². The molecule has 1 atom stereocenters. The number of alkyl halides is 3. The lowest BCUT2D eigenvalue weighted by Crippen LogP contribution is -2.57. The Morgan fingerprint density at radius 3 is 2.48 bits per heavy atom. The van der Waals surface area contributed by atoms with Crippen molar-refractivity contribution in [2.24, 2.45) is 0 Å². The van der Waals surface area contributed by atoms with Crippen molar-refractivity contribution < 1.29 is 32.2 Å². The topological polar surface area (TPSA) is 80.8 Å². The number of esters is 1. The van der Waals surface area contributed by atoms with E-state index in [1.54, 1.807) is 20.8 Å². The van der Waals surface area contributed by atoms with Gasteiger partial charge in [0, 0.05) is 19.2 Å².